The van der Waals surface area contributed by atoms with Crippen molar-refractivity contribution in [2.24, 2.45) is 35.5 Å². The van der Waals surface area contributed by atoms with Gasteiger partial charge in [0.15, 0.2) is 5.60 Å². The summed E-state index contributed by atoms with van der Waals surface area (Å²) in [6, 6.07) is 24.2. The molecule has 4 aliphatic heterocycles. The largest absolute Gasteiger partial charge is 0.497 e. The molecule has 14 nitrogen and oxygen atoms in total. The number of ether oxygens (including phenoxy) is 8. The summed E-state index contributed by atoms with van der Waals surface area (Å²) < 4.78 is 52.6. The Balaban J connectivity index is 1.15. The Bertz CT molecular complexity index is 2430. The molecule has 16 atom stereocenters. The highest BCUT2D eigenvalue weighted by atomic mass is 16.9. The van der Waals surface area contributed by atoms with E-state index < -0.39 is 113 Å². The molecule has 14 heteroatoms. The van der Waals surface area contributed by atoms with Gasteiger partial charge in [-0.05, 0) is 91.1 Å². The smallest absolute Gasteiger partial charge is 0.338 e. The molecule has 10 rings (SSSR count). The zero-order valence-corrected chi connectivity index (χ0v) is 39.0. The molecule has 4 saturated heterocycles. The van der Waals surface area contributed by atoms with E-state index in [1.807, 2.05) is 13.8 Å². The number of carbonyl (C=O) groups is 3. The van der Waals surface area contributed by atoms with Gasteiger partial charge in [0.1, 0.15) is 54.1 Å². The number of hydrogen-bond acceptors (Lipinski definition) is 14. The monoisotopic (exact) mass is 934 g/mol. The van der Waals surface area contributed by atoms with Gasteiger partial charge in [0.05, 0.1) is 30.4 Å². The lowest BCUT2D eigenvalue weighted by atomic mass is 9.51. The number of epoxide rings is 1. The lowest BCUT2D eigenvalue weighted by Gasteiger charge is -2.62. The summed E-state index contributed by atoms with van der Waals surface area (Å²) in [4.78, 5) is 42.0. The molecule has 1 unspecified atom stereocenters. The number of carbonyl (C=O) groups excluding carboxylic acids is 3. The second kappa shape index (κ2) is 17.5. The van der Waals surface area contributed by atoms with Crippen molar-refractivity contribution >= 4 is 24.0 Å². The molecule has 3 bridgehead atoms. The lowest BCUT2D eigenvalue weighted by Crippen LogP contribution is -2.75. The third-order valence-electron chi connectivity index (χ3n) is 16.6. The summed E-state index contributed by atoms with van der Waals surface area (Å²) in [6.45, 7) is 9.55. The average molecular weight is 935 g/mol. The predicted molar refractivity (Wildman–Crippen MR) is 245 cm³/mol. The van der Waals surface area contributed by atoms with Gasteiger partial charge in [-0.2, -0.15) is 0 Å². The van der Waals surface area contributed by atoms with Crippen LogP contribution in [0.3, 0.4) is 0 Å². The molecule has 0 aromatic heterocycles. The maximum atomic E-state index is 14.3. The molecule has 3 aliphatic carbocycles. The highest BCUT2D eigenvalue weighted by Crippen LogP contribution is 2.76. The number of methoxy groups -OCH3 is 1. The van der Waals surface area contributed by atoms with Crippen molar-refractivity contribution in [2.45, 2.75) is 125 Å². The normalized spacial score (nSPS) is 41.0. The van der Waals surface area contributed by atoms with Crippen LogP contribution in [0.15, 0.2) is 103 Å². The molecule has 362 valence electrons. The minimum absolute atomic E-state index is 0.123. The Morgan fingerprint density at radius 1 is 0.824 bits per heavy atom. The second-order valence-corrected chi connectivity index (χ2v) is 20.3. The predicted octanol–water partition coefficient (Wildman–Crippen LogP) is 6.60. The fourth-order valence-electron chi connectivity index (χ4n) is 13.5. The quantitative estimate of drug-likeness (QED) is 0.0613. The van der Waals surface area contributed by atoms with Gasteiger partial charge in [0.25, 0.3) is 0 Å². The number of hydrogen-bond donors (Lipinski definition) is 3. The van der Waals surface area contributed by atoms with Crippen molar-refractivity contribution in [2.75, 3.05) is 20.3 Å². The van der Waals surface area contributed by atoms with Crippen LogP contribution in [0.2, 0.25) is 0 Å². The number of esters is 3. The zero-order valence-electron chi connectivity index (χ0n) is 39.0. The first-order valence-electron chi connectivity index (χ1n) is 24.1. The first-order chi connectivity index (χ1) is 32.6. The topological polar surface area (TPSA) is 189 Å². The number of rotatable bonds is 11. The van der Waals surface area contributed by atoms with Crippen LogP contribution in [-0.2, 0) is 38.0 Å². The summed E-state index contributed by atoms with van der Waals surface area (Å²) >= 11 is 0. The van der Waals surface area contributed by atoms with Gasteiger partial charge >= 0.3 is 23.9 Å². The summed E-state index contributed by atoms with van der Waals surface area (Å²) in [5.41, 5.74) is -5.36. The standard InChI is InChI=1S/C54H62O14/c1-31(2)50-28-37(29-62-47(57)35-17-11-8-12-18-35)53-42-45(50)66-54(67-50,68-53)39(55)21-15-7-6-10-16-32(3)41-33(4)44(64-48(58)36-19-13-9-14-20-36)52(60,43(41)53)49(59)51(46(42)65-51)30-63-40(56)27-24-34-22-25-38(61-5)26-23-34/h8-9,11-14,17-20,22-27,32-33,37,39,41-46,49,55,59-60H,1,6-7,10,15-16,21,28-30H2,2-5H3/b27-24+/t32-,33+,37+,39-,41+,42-,43-,44+,45-,46+,49-,50-,51+,52-,53-,54?/m1/s1. The van der Waals surface area contributed by atoms with Crippen molar-refractivity contribution in [3.8, 4) is 5.75 Å². The van der Waals surface area contributed by atoms with E-state index in [1.165, 1.54) is 6.08 Å². The Hall–Kier alpha value is -4.93. The number of aliphatic hydroxyl groups is 3. The summed E-state index contributed by atoms with van der Waals surface area (Å²) in [5.74, 6) is -7.59. The van der Waals surface area contributed by atoms with E-state index >= 15 is 0 Å². The molecule has 68 heavy (non-hydrogen) atoms. The van der Waals surface area contributed by atoms with Crippen LogP contribution < -0.4 is 4.74 Å². The fraction of sp³-hybridized carbons (Fsp3) is 0.537. The highest BCUT2D eigenvalue weighted by molar-refractivity contribution is 5.90. The van der Waals surface area contributed by atoms with E-state index in [1.54, 1.807) is 98.1 Å². The summed E-state index contributed by atoms with van der Waals surface area (Å²) in [5, 5.41) is 40.2. The first kappa shape index (κ1) is 46.8. The molecule has 2 spiro atoms. The van der Waals surface area contributed by atoms with E-state index in [-0.39, 0.29) is 30.9 Å². The Kier molecular flexibility index (Phi) is 12.0. The van der Waals surface area contributed by atoms with Crippen LogP contribution in [-0.4, -0.2) is 112 Å². The van der Waals surface area contributed by atoms with E-state index in [9.17, 15) is 29.7 Å². The maximum absolute atomic E-state index is 14.3. The van der Waals surface area contributed by atoms with Crippen molar-refractivity contribution in [1.82, 2.24) is 0 Å². The van der Waals surface area contributed by atoms with Crippen molar-refractivity contribution in [1.29, 1.82) is 0 Å². The van der Waals surface area contributed by atoms with Gasteiger partial charge in [-0.15, -0.1) is 0 Å². The Morgan fingerprint density at radius 3 is 2.15 bits per heavy atom. The van der Waals surface area contributed by atoms with E-state index in [2.05, 4.69) is 13.5 Å². The molecule has 0 radical (unpaired) electrons. The second-order valence-electron chi connectivity index (χ2n) is 20.3. The van der Waals surface area contributed by atoms with E-state index in [4.69, 9.17) is 37.9 Å². The van der Waals surface area contributed by atoms with Crippen molar-refractivity contribution < 1.29 is 67.6 Å². The van der Waals surface area contributed by atoms with Crippen molar-refractivity contribution in [3.63, 3.8) is 0 Å². The summed E-state index contributed by atoms with van der Waals surface area (Å²) in [6.07, 6.45) is 0.646. The maximum Gasteiger partial charge on any atom is 0.338 e. The van der Waals surface area contributed by atoms with Gasteiger partial charge in [-0.3, -0.25) is 0 Å². The lowest BCUT2D eigenvalue weighted by molar-refractivity contribution is -0.459. The Morgan fingerprint density at radius 2 is 1.49 bits per heavy atom. The highest BCUT2D eigenvalue weighted by Gasteiger charge is 2.91. The number of benzene rings is 3. The minimum atomic E-state index is -2.38. The molecule has 3 aromatic carbocycles. The third kappa shape index (κ3) is 7.19. The number of fused-ring (bicyclic) bond motifs is 1. The van der Waals surface area contributed by atoms with Crippen LogP contribution in [0.5, 0.6) is 5.75 Å². The third-order valence-corrected chi connectivity index (χ3v) is 16.6. The molecule has 7 aliphatic rings. The molecule has 7 fully saturated rings. The van der Waals surface area contributed by atoms with Gasteiger partial charge in [0, 0.05) is 23.8 Å². The van der Waals surface area contributed by atoms with Gasteiger partial charge < -0.3 is 53.2 Å². The van der Waals surface area contributed by atoms with Gasteiger partial charge in [-0.25, -0.2) is 14.4 Å². The zero-order chi connectivity index (χ0) is 47.8. The molecule has 4 heterocycles. The SMILES string of the molecule is C=C(C)[C@]12C[C@@H](COC(=O)c3ccccc3)[C@@]34OC5(O[C@@H]1[C@@H]3[C@@H]1O[C@]1(COC(=O)/C=C/c1ccc(OC)cc1)[C@@H](O)[C@@]1(O)[C@H]4[C@H]([C@H](C)[C@@H]1OC(=O)c1ccccc1)[C@H](C)CCCCCC[C@H]5O)O2. The molecular weight excluding hydrogens is 873 g/mol. The van der Waals surface area contributed by atoms with Crippen LogP contribution in [0.25, 0.3) is 6.08 Å². The number of aliphatic hydroxyl groups excluding tert-OH is 2. The van der Waals surface area contributed by atoms with Crippen LogP contribution in [0, 0.1) is 35.5 Å². The van der Waals surface area contributed by atoms with Crippen LogP contribution in [0.1, 0.15) is 92.0 Å². The fourth-order valence-corrected chi connectivity index (χ4v) is 13.5. The first-order valence-corrected chi connectivity index (χ1v) is 24.1. The molecule has 3 N–H and O–H groups in total. The van der Waals surface area contributed by atoms with Crippen molar-refractivity contribution in [3.05, 3.63) is 120 Å². The Labute approximate surface area is 396 Å². The van der Waals surface area contributed by atoms with E-state index in [0.29, 0.717) is 28.9 Å². The molecular formula is C54H62O14. The van der Waals surface area contributed by atoms with Crippen LogP contribution in [0.4, 0.5) is 0 Å². The summed E-state index contributed by atoms with van der Waals surface area (Å²) in [7, 11) is 1.56. The molecule has 0 amide bonds. The molecule has 3 aromatic rings. The van der Waals surface area contributed by atoms with Gasteiger partial charge in [-0.1, -0.05) is 101 Å². The van der Waals surface area contributed by atoms with E-state index in [0.717, 1.165) is 25.7 Å². The minimum Gasteiger partial charge on any atom is -0.497 e. The average Bonchev–Trinajstić information content (AvgIpc) is 3.97. The van der Waals surface area contributed by atoms with Gasteiger partial charge in [0.2, 0.25) is 0 Å². The molecule has 3 saturated carbocycles. The van der Waals surface area contributed by atoms with Crippen LogP contribution >= 0.6 is 0 Å².